The Labute approximate surface area is 81.9 Å². The zero-order chi connectivity index (χ0) is 10.8. The largest absolute Gasteiger partial charge is 0.396 e. The van der Waals surface area contributed by atoms with Gasteiger partial charge in [0, 0.05) is 13.0 Å². The van der Waals surface area contributed by atoms with E-state index in [1.54, 1.807) is 10.9 Å². The van der Waals surface area contributed by atoms with Gasteiger partial charge in [0.1, 0.15) is 0 Å². The van der Waals surface area contributed by atoms with Crippen LogP contribution < -0.4 is 5.73 Å². The van der Waals surface area contributed by atoms with Gasteiger partial charge in [0.25, 0.3) is 0 Å². The van der Waals surface area contributed by atoms with Crippen LogP contribution in [0.3, 0.4) is 0 Å². The molecule has 0 aliphatic carbocycles. The Morgan fingerprint density at radius 1 is 1.57 bits per heavy atom. The summed E-state index contributed by atoms with van der Waals surface area (Å²) in [6.45, 7) is 3.25. The molecule has 0 aliphatic rings. The molecule has 0 radical (unpaired) electrons. The van der Waals surface area contributed by atoms with Crippen molar-refractivity contribution in [2.75, 3.05) is 5.73 Å². The number of nitrogen functional groups attached to an aromatic ring is 1. The maximum atomic E-state index is 12.5. The van der Waals surface area contributed by atoms with Gasteiger partial charge in [-0.15, -0.1) is 0 Å². The molecule has 0 fully saturated rings. The second-order valence-corrected chi connectivity index (χ2v) is 3.58. The minimum Gasteiger partial charge on any atom is -0.396 e. The Morgan fingerprint density at radius 2 is 2.21 bits per heavy atom. The van der Waals surface area contributed by atoms with Crippen molar-refractivity contribution >= 4 is 5.69 Å². The Kier molecular flexibility index (Phi) is 3.08. The SMILES string of the molecule is Cc1c(N)cnn1CCCC(C)(F)F. The van der Waals surface area contributed by atoms with Gasteiger partial charge in [-0.3, -0.25) is 4.68 Å². The predicted molar refractivity (Wildman–Crippen MR) is 51.2 cm³/mol. The van der Waals surface area contributed by atoms with E-state index < -0.39 is 5.92 Å². The van der Waals surface area contributed by atoms with E-state index in [1.165, 1.54) is 0 Å². The van der Waals surface area contributed by atoms with Crippen molar-refractivity contribution in [2.24, 2.45) is 0 Å². The molecule has 0 aromatic carbocycles. The molecule has 14 heavy (non-hydrogen) atoms. The highest BCUT2D eigenvalue weighted by molar-refractivity contribution is 5.39. The monoisotopic (exact) mass is 203 g/mol. The molecule has 1 rings (SSSR count). The van der Waals surface area contributed by atoms with Crippen molar-refractivity contribution in [2.45, 2.75) is 39.2 Å². The lowest BCUT2D eigenvalue weighted by molar-refractivity contribution is 0.00967. The molecule has 3 nitrogen and oxygen atoms in total. The highest BCUT2D eigenvalue weighted by atomic mass is 19.3. The van der Waals surface area contributed by atoms with Gasteiger partial charge in [0.05, 0.1) is 17.6 Å². The number of hydrogen-bond donors (Lipinski definition) is 1. The van der Waals surface area contributed by atoms with Crippen molar-refractivity contribution in [3.05, 3.63) is 11.9 Å². The zero-order valence-electron chi connectivity index (χ0n) is 8.43. The summed E-state index contributed by atoms with van der Waals surface area (Å²) in [7, 11) is 0. The lowest BCUT2D eigenvalue weighted by Gasteiger charge is -2.10. The summed E-state index contributed by atoms with van der Waals surface area (Å²) < 4.78 is 26.6. The van der Waals surface area contributed by atoms with Crippen LogP contribution >= 0.6 is 0 Å². The second-order valence-electron chi connectivity index (χ2n) is 3.58. The summed E-state index contributed by atoms with van der Waals surface area (Å²) in [4.78, 5) is 0. The van der Waals surface area contributed by atoms with Crippen LogP contribution in [-0.2, 0) is 6.54 Å². The first-order valence-corrected chi connectivity index (χ1v) is 4.56. The molecule has 0 saturated heterocycles. The van der Waals surface area contributed by atoms with Gasteiger partial charge in [-0.05, 0) is 20.3 Å². The van der Waals surface area contributed by atoms with E-state index in [9.17, 15) is 8.78 Å². The quantitative estimate of drug-likeness (QED) is 0.815. The summed E-state index contributed by atoms with van der Waals surface area (Å²) >= 11 is 0. The van der Waals surface area contributed by atoms with Gasteiger partial charge < -0.3 is 5.73 Å². The fourth-order valence-corrected chi connectivity index (χ4v) is 1.23. The van der Waals surface area contributed by atoms with Crippen molar-refractivity contribution in [1.29, 1.82) is 0 Å². The van der Waals surface area contributed by atoms with Crippen LogP contribution in [0.1, 0.15) is 25.5 Å². The average Bonchev–Trinajstić information content (AvgIpc) is 2.33. The number of nitrogens with two attached hydrogens (primary N) is 1. The molecular weight excluding hydrogens is 188 g/mol. The molecule has 80 valence electrons. The second kappa shape index (κ2) is 3.94. The third-order valence-electron chi connectivity index (χ3n) is 2.13. The number of hydrogen-bond acceptors (Lipinski definition) is 2. The van der Waals surface area contributed by atoms with Crippen LogP contribution in [0.4, 0.5) is 14.5 Å². The van der Waals surface area contributed by atoms with Crippen LogP contribution in [0.15, 0.2) is 6.20 Å². The Bertz CT molecular complexity index is 301. The molecule has 0 atom stereocenters. The Hall–Kier alpha value is -1.13. The number of halogens is 2. The van der Waals surface area contributed by atoms with Gasteiger partial charge >= 0.3 is 0 Å². The van der Waals surface area contributed by atoms with Gasteiger partial charge in [-0.25, -0.2) is 8.78 Å². The summed E-state index contributed by atoms with van der Waals surface area (Å²) in [6.07, 6.45) is 1.83. The normalized spacial score (nSPS) is 12.0. The summed E-state index contributed by atoms with van der Waals surface area (Å²) in [5.74, 6) is -2.59. The highest BCUT2D eigenvalue weighted by Gasteiger charge is 2.20. The molecule has 0 unspecified atom stereocenters. The average molecular weight is 203 g/mol. The van der Waals surface area contributed by atoms with Gasteiger partial charge in [-0.1, -0.05) is 0 Å². The molecule has 1 aromatic rings. The van der Waals surface area contributed by atoms with Gasteiger partial charge in [-0.2, -0.15) is 5.10 Å². The van der Waals surface area contributed by atoms with Crippen LogP contribution in [0.25, 0.3) is 0 Å². The third kappa shape index (κ3) is 2.97. The number of aryl methyl sites for hydroxylation is 1. The van der Waals surface area contributed by atoms with Crippen molar-refractivity contribution < 1.29 is 8.78 Å². The fourth-order valence-electron chi connectivity index (χ4n) is 1.23. The van der Waals surface area contributed by atoms with Crippen LogP contribution in [0.5, 0.6) is 0 Å². The molecule has 0 spiro atoms. The van der Waals surface area contributed by atoms with E-state index in [1.807, 2.05) is 6.92 Å². The lowest BCUT2D eigenvalue weighted by Crippen LogP contribution is -2.12. The first-order valence-electron chi connectivity index (χ1n) is 4.56. The van der Waals surface area contributed by atoms with E-state index in [0.29, 0.717) is 18.7 Å². The maximum absolute atomic E-state index is 12.5. The molecule has 1 heterocycles. The third-order valence-corrected chi connectivity index (χ3v) is 2.13. The van der Waals surface area contributed by atoms with E-state index in [4.69, 9.17) is 5.73 Å². The number of aromatic nitrogens is 2. The van der Waals surface area contributed by atoms with Crippen molar-refractivity contribution in [1.82, 2.24) is 9.78 Å². The van der Waals surface area contributed by atoms with E-state index in [0.717, 1.165) is 12.6 Å². The summed E-state index contributed by atoms with van der Waals surface area (Å²) in [5.41, 5.74) is 7.01. The summed E-state index contributed by atoms with van der Waals surface area (Å²) in [6, 6.07) is 0. The minimum absolute atomic E-state index is 0.119. The van der Waals surface area contributed by atoms with Gasteiger partial charge in [0.2, 0.25) is 5.92 Å². The van der Waals surface area contributed by atoms with E-state index in [-0.39, 0.29) is 6.42 Å². The zero-order valence-corrected chi connectivity index (χ0v) is 8.43. The number of alkyl halides is 2. The van der Waals surface area contributed by atoms with Crippen molar-refractivity contribution in [3.63, 3.8) is 0 Å². The van der Waals surface area contributed by atoms with Crippen LogP contribution in [0, 0.1) is 6.92 Å². The van der Waals surface area contributed by atoms with Gasteiger partial charge in [0.15, 0.2) is 0 Å². The molecule has 1 aromatic heterocycles. The molecule has 2 N–H and O–H groups in total. The standard InChI is InChI=1S/C9H15F2N3/c1-7-8(12)6-13-14(7)5-3-4-9(2,10)11/h6H,3-5,12H2,1-2H3. The predicted octanol–water partition coefficient (Wildman–Crippen LogP) is 2.21. The lowest BCUT2D eigenvalue weighted by atomic mass is 10.2. The molecular formula is C9H15F2N3. The highest BCUT2D eigenvalue weighted by Crippen LogP contribution is 2.19. The summed E-state index contributed by atoms with van der Waals surface area (Å²) in [5, 5.41) is 3.98. The molecule has 0 bridgehead atoms. The number of rotatable bonds is 4. The first-order chi connectivity index (χ1) is 6.40. The van der Waals surface area contributed by atoms with Crippen LogP contribution in [0.2, 0.25) is 0 Å². The van der Waals surface area contributed by atoms with Crippen LogP contribution in [-0.4, -0.2) is 15.7 Å². The number of anilines is 1. The molecule has 0 amide bonds. The number of nitrogens with zero attached hydrogens (tertiary/aromatic N) is 2. The Morgan fingerprint density at radius 3 is 2.64 bits per heavy atom. The van der Waals surface area contributed by atoms with E-state index >= 15 is 0 Å². The first kappa shape index (κ1) is 10.9. The van der Waals surface area contributed by atoms with E-state index in [2.05, 4.69) is 5.10 Å². The minimum atomic E-state index is -2.59. The molecule has 0 saturated carbocycles. The fraction of sp³-hybridized carbons (Fsp3) is 0.667. The topological polar surface area (TPSA) is 43.8 Å². The maximum Gasteiger partial charge on any atom is 0.245 e. The molecule has 5 heteroatoms. The van der Waals surface area contributed by atoms with Crippen molar-refractivity contribution in [3.8, 4) is 0 Å². The smallest absolute Gasteiger partial charge is 0.245 e. The molecule has 0 aliphatic heterocycles. The Balaban J connectivity index is 2.43.